The van der Waals surface area contributed by atoms with Gasteiger partial charge in [0.2, 0.25) is 5.01 Å². The Hall–Kier alpha value is -2.90. The second-order valence-electron chi connectivity index (χ2n) is 8.85. The molecule has 2 aliphatic rings. The summed E-state index contributed by atoms with van der Waals surface area (Å²) in [7, 11) is 0. The number of thiazole rings is 1. The van der Waals surface area contributed by atoms with Gasteiger partial charge in [-0.1, -0.05) is 6.92 Å². The van der Waals surface area contributed by atoms with Crippen LogP contribution in [0.15, 0.2) is 12.3 Å². The van der Waals surface area contributed by atoms with Gasteiger partial charge in [0.25, 0.3) is 5.91 Å². The van der Waals surface area contributed by atoms with E-state index in [2.05, 4.69) is 9.97 Å². The molecule has 2 aliphatic heterocycles. The first-order chi connectivity index (χ1) is 17.3. The minimum atomic E-state index is -5.00. The van der Waals surface area contributed by atoms with Crippen LogP contribution >= 0.6 is 11.3 Å². The Kier molecular flexibility index (Phi) is 7.41. The molecule has 2 aromatic heterocycles. The highest BCUT2D eigenvalue weighted by molar-refractivity contribution is 7.17. The number of hydrogen-bond acceptors (Lipinski definition) is 7. The topological polar surface area (TPSA) is 84.4 Å². The summed E-state index contributed by atoms with van der Waals surface area (Å²) >= 11 is 0.556. The fourth-order valence-corrected chi connectivity index (χ4v) is 5.81. The van der Waals surface area contributed by atoms with Crippen molar-refractivity contribution in [2.75, 3.05) is 11.9 Å². The largest absolute Gasteiger partial charge is 0.461 e. The minimum absolute atomic E-state index is 0.0131. The zero-order valence-corrected chi connectivity index (χ0v) is 20.7. The molecule has 7 nitrogen and oxygen atoms in total. The third-order valence-electron chi connectivity index (χ3n) is 6.55. The van der Waals surface area contributed by atoms with Crippen molar-refractivity contribution in [2.45, 2.75) is 76.4 Å². The number of pyridine rings is 1. The number of anilines is 1. The maximum absolute atomic E-state index is 14.1. The average molecular weight is 551 g/mol. The van der Waals surface area contributed by atoms with Gasteiger partial charge in [0.05, 0.1) is 17.0 Å². The van der Waals surface area contributed by atoms with Gasteiger partial charge in [-0.3, -0.25) is 4.79 Å². The van der Waals surface area contributed by atoms with Crippen LogP contribution in [0.5, 0.6) is 0 Å². The van der Waals surface area contributed by atoms with Crippen molar-refractivity contribution < 1.29 is 40.7 Å². The Morgan fingerprint density at radius 2 is 1.76 bits per heavy atom. The van der Waals surface area contributed by atoms with Crippen molar-refractivity contribution in [3.05, 3.63) is 28.5 Å². The quantitative estimate of drug-likeness (QED) is 0.340. The molecule has 1 unspecified atom stereocenters. The molecule has 2 bridgehead atoms. The van der Waals surface area contributed by atoms with E-state index in [0.29, 0.717) is 17.4 Å². The summed E-state index contributed by atoms with van der Waals surface area (Å²) in [4.78, 5) is 35.1. The van der Waals surface area contributed by atoms with Crippen molar-refractivity contribution in [1.29, 1.82) is 0 Å². The van der Waals surface area contributed by atoms with Gasteiger partial charge in [-0.2, -0.15) is 26.3 Å². The number of nitrogens with one attached hydrogen (secondary N) is 1. The number of rotatable bonds is 7. The molecule has 0 spiro atoms. The van der Waals surface area contributed by atoms with Gasteiger partial charge in [-0.15, -0.1) is 11.3 Å². The van der Waals surface area contributed by atoms with E-state index in [1.807, 2.05) is 5.32 Å². The summed E-state index contributed by atoms with van der Waals surface area (Å²) in [6.07, 6.45) is -6.29. The first-order valence-electron chi connectivity index (χ1n) is 11.8. The summed E-state index contributed by atoms with van der Waals surface area (Å²) < 4.78 is 86.9. The summed E-state index contributed by atoms with van der Waals surface area (Å²) in [6, 6.07) is -1.74. The van der Waals surface area contributed by atoms with Crippen molar-refractivity contribution in [2.24, 2.45) is 0 Å². The monoisotopic (exact) mass is 550 g/mol. The van der Waals surface area contributed by atoms with Crippen molar-refractivity contribution in [3.8, 4) is 10.4 Å². The Labute approximate surface area is 212 Å². The molecule has 1 amide bonds. The first-order valence-corrected chi connectivity index (χ1v) is 12.6. The van der Waals surface area contributed by atoms with E-state index in [1.54, 1.807) is 11.8 Å². The van der Waals surface area contributed by atoms with Gasteiger partial charge in [0, 0.05) is 23.8 Å². The number of fused-ring (bicyclic) bond motifs is 2. The number of amides is 1. The van der Waals surface area contributed by atoms with E-state index in [4.69, 9.17) is 4.74 Å². The molecule has 0 aliphatic carbocycles. The standard InChI is InChI=1S/C23H24F6N4O3S/c1-3-15(23(27,28)29)31-16-9-14(22(24,25)26)13(10-30-16)18-17(32-19(37-18)21(35)36-4-2)20(34)33-11-5-6-12(33)8-7-11/h9-12,15H,3-8H2,1-2H3,(H,30,31). The minimum Gasteiger partial charge on any atom is -0.461 e. The van der Waals surface area contributed by atoms with Crippen LogP contribution in [0.2, 0.25) is 0 Å². The highest BCUT2D eigenvalue weighted by atomic mass is 32.1. The van der Waals surface area contributed by atoms with Gasteiger partial charge in [-0.25, -0.2) is 14.8 Å². The highest BCUT2D eigenvalue weighted by Gasteiger charge is 2.45. The van der Waals surface area contributed by atoms with Crippen LogP contribution in [0.4, 0.5) is 32.2 Å². The van der Waals surface area contributed by atoms with E-state index in [0.717, 1.165) is 31.9 Å². The molecule has 0 radical (unpaired) electrons. The van der Waals surface area contributed by atoms with Gasteiger partial charge in [-0.05, 0) is 45.1 Å². The van der Waals surface area contributed by atoms with E-state index >= 15 is 0 Å². The van der Waals surface area contributed by atoms with E-state index in [-0.39, 0.29) is 34.3 Å². The van der Waals surface area contributed by atoms with Crippen LogP contribution in [0.1, 0.15) is 71.8 Å². The lowest BCUT2D eigenvalue weighted by atomic mass is 10.0. The van der Waals surface area contributed by atoms with Gasteiger partial charge in [0.15, 0.2) is 0 Å². The van der Waals surface area contributed by atoms with Gasteiger partial charge < -0.3 is 15.0 Å². The lowest BCUT2D eigenvalue weighted by Crippen LogP contribution is -2.36. The van der Waals surface area contributed by atoms with Crippen molar-refractivity contribution in [1.82, 2.24) is 14.9 Å². The molecule has 1 atom stereocenters. The number of hydrogen-bond donors (Lipinski definition) is 1. The first kappa shape index (κ1) is 27.1. The summed E-state index contributed by atoms with van der Waals surface area (Å²) in [5, 5.41) is 1.70. The summed E-state index contributed by atoms with van der Waals surface area (Å²) in [5.74, 6) is -2.11. The summed E-state index contributed by atoms with van der Waals surface area (Å²) in [5.41, 5.74) is -2.19. The SMILES string of the molecule is CCOC(=O)c1nc(C(=O)N2C3CCC2CC3)c(-c2cnc(NC(CC)C(F)(F)F)cc2C(F)(F)F)s1. The van der Waals surface area contributed by atoms with Crippen LogP contribution in [0.3, 0.4) is 0 Å². The molecule has 4 heterocycles. The molecule has 1 N–H and O–H groups in total. The lowest BCUT2D eigenvalue weighted by Gasteiger charge is -2.23. The van der Waals surface area contributed by atoms with Crippen LogP contribution in [-0.4, -0.2) is 57.7 Å². The van der Waals surface area contributed by atoms with Gasteiger partial charge in [0.1, 0.15) is 17.6 Å². The highest BCUT2D eigenvalue weighted by Crippen LogP contribution is 2.44. The Balaban J connectivity index is 1.81. The molecule has 2 aromatic rings. The maximum Gasteiger partial charge on any atom is 0.417 e. The number of ether oxygens (including phenoxy) is 1. The zero-order chi connectivity index (χ0) is 27.1. The molecule has 2 fully saturated rings. The Morgan fingerprint density at radius 1 is 1.14 bits per heavy atom. The number of nitrogens with zero attached hydrogens (tertiary/aromatic N) is 3. The molecule has 4 rings (SSSR count). The number of halogens is 6. The maximum atomic E-state index is 14.1. The second-order valence-corrected chi connectivity index (χ2v) is 9.85. The van der Waals surface area contributed by atoms with E-state index < -0.39 is 53.6 Å². The van der Waals surface area contributed by atoms with Crippen LogP contribution in [-0.2, 0) is 10.9 Å². The molecule has 37 heavy (non-hydrogen) atoms. The van der Waals surface area contributed by atoms with Crippen LogP contribution in [0, 0.1) is 0 Å². The lowest BCUT2D eigenvalue weighted by molar-refractivity contribution is -0.142. The number of carbonyl (C=O) groups is 2. The zero-order valence-electron chi connectivity index (χ0n) is 19.9. The second kappa shape index (κ2) is 10.1. The van der Waals surface area contributed by atoms with Crippen LogP contribution in [0.25, 0.3) is 10.4 Å². The average Bonchev–Trinajstić information content (AvgIpc) is 3.55. The number of aromatic nitrogens is 2. The summed E-state index contributed by atoms with van der Waals surface area (Å²) in [6.45, 7) is 2.77. The third kappa shape index (κ3) is 5.39. The molecular formula is C23H24F6N4O3S. The Bertz CT molecular complexity index is 1160. The predicted octanol–water partition coefficient (Wildman–Crippen LogP) is 5.92. The smallest absolute Gasteiger partial charge is 0.417 e. The Morgan fingerprint density at radius 3 is 2.27 bits per heavy atom. The molecule has 202 valence electrons. The predicted molar refractivity (Wildman–Crippen MR) is 122 cm³/mol. The number of esters is 1. The van der Waals surface area contributed by atoms with E-state index in [1.165, 1.54) is 6.92 Å². The normalized spacial score (nSPS) is 20.3. The van der Waals surface area contributed by atoms with Crippen LogP contribution < -0.4 is 5.32 Å². The fourth-order valence-electron chi connectivity index (χ4n) is 4.84. The molecule has 0 saturated carbocycles. The van der Waals surface area contributed by atoms with Crippen molar-refractivity contribution >= 4 is 29.0 Å². The molecule has 14 heteroatoms. The number of carbonyl (C=O) groups excluding carboxylic acids is 2. The molecular weight excluding hydrogens is 526 g/mol. The molecule has 0 aromatic carbocycles. The fraction of sp³-hybridized carbons (Fsp3) is 0.565. The van der Waals surface area contributed by atoms with Crippen molar-refractivity contribution in [3.63, 3.8) is 0 Å². The van der Waals surface area contributed by atoms with E-state index in [9.17, 15) is 35.9 Å². The number of alkyl halides is 6. The molecule has 2 saturated heterocycles. The third-order valence-corrected chi connectivity index (χ3v) is 7.62. The van der Waals surface area contributed by atoms with Gasteiger partial charge >= 0.3 is 18.3 Å².